The number of hydrogen-bond acceptors (Lipinski definition) is 2. The van der Waals surface area contributed by atoms with Crippen LogP contribution in [0.2, 0.25) is 0 Å². The lowest BCUT2D eigenvalue weighted by molar-refractivity contribution is 1.01. The van der Waals surface area contributed by atoms with Gasteiger partial charge in [-0.15, -0.1) is 0 Å². The van der Waals surface area contributed by atoms with E-state index in [0.717, 1.165) is 77.4 Å². The standard InChI is InChI=1S/C52H32N4/c1-4-16-36(17-5-1)43-34-50-45(33-38(43)30-28-35-29-31-49-44(32-35)40-22-11-14-26-47(40)55(49)39-20-8-3-9-21-39)41-23-12-15-27-48(41)56(50)52-53-46-25-13-10-24-42(46)51(54-52)37-18-6-2-7-19-37/h1-27,29,31-34H. The zero-order valence-corrected chi connectivity index (χ0v) is 30.3. The lowest BCUT2D eigenvalue weighted by atomic mass is 9.97. The fourth-order valence-electron chi connectivity index (χ4n) is 8.22. The van der Waals surface area contributed by atoms with Gasteiger partial charge in [-0.1, -0.05) is 145 Å². The molecule has 0 atom stereocenters. The van der Waals surface area contributed by atoms with E-state index in [0.29, 0.717) is 5.95 Å². The number of nitrogens with zero attached hydrogens (tertiary/aromatic N) is 4. The molecule has 4 heteroatoms. The summed E-state index contributed by atoms with van der Waals surface area (Å²) in [5.41, 5.74) is 12.5. The average molecular weight is 713 g/mol. The Morgan fingerprint density at radius 2 is 0.946 bits per heavy atom. The topological polar surface area (TPSA) is 35.6 Å². The summed E-state index contributed by atoms with van der Waals surface area (Å²) in [6.07, 6.45) is 0. The monoisotopic (exact) mass is 712 g/mol. The van der Waals surface area contributed by atoms with Gasteiger partial charge in [-0.3, -0.25) is 4.57 Å². The predicted octanol–water partition coefficient (Wildman–Crippen LogP) is 12.6. The Kier molecular flexibility index (Phi) is 7.36. The van der Waals surface area contributed by atoms with Crippen LogP contribution in [-0.4, -0.2) is 19.1 Å². The summed E-state index contributed by atoms with van der Waals surface area (Å²) in [6, 6.07) is 68.0. The van der Waals surface area contributed by atoms with Crippen molar-refractivity contribution in [2.45, 2.75) is 0 Å². The highest BCUT2D eigenvalue weighted by Crippen LogP contribution is 2.38. The molecule has 0 aliphatic rings. The number of hydrogen-bond donors (Lipinski definition) is 0. The van der Waals surface area contributed by atoms with Gasteiger partial charge in [0.15, 0.2) is 0 Å². The molecule has 0 amide bonds. The molecule has 8 aromatic carbocycles. The number of para-hydroxylation sites is 4. The number of aromatic nitrogens is 4. The number of fused-ring (bicyclic) bond motifs is 7. The number of rotatable bonds is 4. The largest absolute Gasteiger partial charge is 0.309 e. The van der Waals surface area contributed by atoms with Gasteiger partial charge < -0.3 is 4.57 Å². The quantitative estimate of drug-likeness (QED) is 0.170. The molecule has 4 nitrogen and oxygen atoms in total. The van der Waals surface area contributed by atoms with Gasteiger partial charge in [0.2, 0.25) is 5.95 Å². The molecule has 0 unspecified atom stereocenters. The van der Waals surface area contributed by atoms with Gasteiger partial charge in [0.1, 0.15) is 0 Å². The van der Waals surface area contributed by atoms with Crippen molar-refractivity contribution in [3.8, 4) is 45.9 Å². The Hall–Kier alpha value is -7.74. The van der Waals surface area contributed by atoms with E-state index >= 15 is 0 Å². The maximum atomic E-state index is 5.30. The molecule has 0 aliphatic heterocycles. The SMILES string of the molecule is C(#Cc1cc2c3ccccc3n(-c3nc(-c4ccccc4)c4ccccc4n3)c2cc1-c1ccccc1)c1ccc2c(c1)c1ccccc1n2-c1ccccc1. The highest BCUT2D eigenvalue weighted by atomic mass is 15.2. The highest BCUT2D eigenvalue weighted by molar-refractivity contribution is 6.12. The van der Waals surface area contributed by atoms with Crippen LogP contribution in [0.3, 0.4) is 0 Å². The van der Waals surface area contributed by atoms with Gasteiger partial charge in [0.25, 0.3) is 0 Å². The zero-order chi connectivity index (χ0) is 37.0. The lowest BCUT2D eigenvalue weighted by Crippen LogP contribution is -2.03. The van der Waals surface area contributed by atoms with Crippen LogP contribution >= 0.6 is 0 Å². The van der Waals surface area contributed by atoms with Gasteiger partial charge in [0, 0.05) is 49.3 Å². The van der Waals surface area contributed by atoms with E-state index in [1.54, 1.807) is 0 Å². The second kappa shape index (κ2) is 13.0. The number of benzene rings is 8. The third-order valence-electron chi connectivity index (χ3n) is 10.8. The van der Waals surface area contributed by atoms with E-state index in [1.807, 2.05) is 18.2 Å². The Bertz CT molecular complexity index is 3350. The third-order valence-corrected chi connectivity index (χ3v) is 10.8. The molecule has 0 aliphatic carbocycles. The normalized spacial score (nSPS) is 11.4. The summed E-state index contributed by atoms with van der Waals surface area (Å²) in [5.74, 6) is 7.86. The summed E-state index contributed by atoms with van der Waals surface area (Å²) in [7, 11) is 0. The summed E-state index contributed by atoms with van der Waals surface area (Å²) in [5, 5.41) is 5.64. The Balaban J connectivity index is 1.13. The Labute approximate surface area is 323 Å². The van der Waals surface area contributed by atoms with Crippen LogP contribution in [0.15, 0.2) is 194 Å². The molecule has 3 heterocycles. The first-order valence-corrected chi connectivity index (χ1v) is 18.8. The van der Waals surface area contributed by atoms with Crippen LogP contribution in [0.1, 0.15) is 11.1 Å². The van der Waals surface area contributed by atoms with Crippen LogP contribution in [0.5, 0.6) is 0 Å². The van der Waals surface area contributed by atoms with Gasteiger partial charge >= 0.3 is 0 Å². The molecule has 0 spiro atoms. The summed E-state index contributed by atoms with van der Waals surface area (Å²) < 4.78 is 4.55. The van der Waals surface area contributed by atoms with Crippen molar-refractivity contribution in [3.63, 3.8) is 0 Å². The summed E-state index contributed by atoms with van der Waals surface area (Å²) in [4.78, 5) is 10.5. The smallest absolute Gasteiger partial charge is 0.235 e. The van der Waals surface area contributed by atoms with Crippen molar-refractivity contribution < 1.29 is 0 Å². The fraction of sp³-hybridized carbons (Fsp3) is 0. The van der Waals surface area contributed by atoms with E-state index in [9.17, 15) is 0 Å². The lowest BCUT2D eigenvalue weighted by Gasteiger charge is -2.12. The molecule has 0 radical (unpaired) electrons. The van der Waals surface area contributed by atoms with Crippen LogP contribution in [0.25, 0.3) is 88.5 Å². The summed E-state index contributed by atoms with van der Waals surface area (Å²) >= 11 is 0. The van der Waals surface area contributed by atoms with Crippen molar-refractivity contribution >= 4 is 54.5 Å². The first-order valence-electron chi connectivity index (χ1n) is 18.8. The predicted molar refractivity (Wildman–Crippen MR) is 232 cm³/mol. The third kappa shape index (κ3) is 5.18. The van der Waals surface area contributed by atoms with Crippen LogP contribution in [-0.2, 0) is 0 Å². The molecule has 11 aromatic rings. The molecule has 11 rings (SSSR count). The molecule has 3 aromatic heterocycles. The molecular weight excluding hydrogens is 681 g/mol. The molecular formula is C52H32N4. The molecule has 0 bridgehead atoms. The minimum atomic E-state index is 0.634. The van der Waals surface area contributed by atoms with Gasteiger partial charge in [-0.25, -0.2) is 9.97 Å². The molecule has 260 valence electrons. The first-order chi connectivity index (χ1) is 27.8. The van der Waals surface area contributed by atoms with Crippen LogP contribution in [0.4, 0.5) is 0 Å². The molecule has 0 saturated heterocycles. The molecule has 56 heavy (non-hydrogen) atoms. The highest BCUT2D eigenvalue weighted by Gasteiger charge is 2.19. The maximum Gasteiger partial charge on any atom is 0.235 e. The second-order valence-corrected chi connectivity index (χ2v) is 14.1. The molecule has 0 saturated carbocycles. The van der Waals surface area contributed by atoms with Gasteiger partial charge in [0.05, 0.1) is 33.3 Å². The Morgan fingerprint density at radius 1 is 0.375 bits per heavy atom. The van der Waals surface area contributed by atoms with E-state index in [2.05, 4.69) is 197 Å². The van der Waals surface area contributed by atoms with Gasteiger partial charge in [-0.2, -0.15) is 0 Å². The average Bonchev–Trinajstić information content (AvgIpc) is 3.78. The first kappa shape index (κ1) is 31.8. The van der Waals surface area contributed by atoms with E-state index in [-0.39, 0.29) is 0 Å². The summed E-state index contributed by atoms with van der Waals surface area (Å²) in [6.45, 7) is 0. The van der Waals surface area contributed by atoms with Crippen LogP contribution < -0.4 is 0 Å². The van der Waals surface area contributed by atoms with Gasteiger partial charge in [-0.05, 0) is 71.8 Å². The van der Waals surface area contributed by atoms with E-state index < -0.39 is 0 Å². The minimum absolute atomic E-state index is 0.634. The van der Waals surface area contributed by atoms with Crippen molar-refractivity contribution in [2.75, 3.05) is 0 Å². The molecule has 0 fully saturated rings. The molecule has 0 N–H and O–H groups in total. The van der Waals surface area contributed by atoms with Crippen LogP contribution in [0, 0.1) is 11.8 Å². The van der Waals surface area contributed by atoms with Crippen molar-refractivity contribution in [1.82, 2.24) is 19.1 Å². The minimum Gasteiger partial charge on any atom is -0.309 e. The van der Waals surface area contributed by atoms with E-state index in [1.165, 1.54) is 16.3 Å². The van der Waals surface area contributed by atoms with E-state index in [4.69, 9.17) is 9.97 Å². The Morgan fingerprint density at radius 3 is 1.68 bits per heavy atom. The van der Waals surface area contributed by atoms with Crippen molar-refractivity contribution in [1.29, 1.82) is 0 Å². The fourth-order valence-corrected chi connectivity index (χ4v) is 8.22. The van der Waals surface area contributed by atoms with Crippen molar-refractivity contribution in [3.05, 3.63) is 205 Å². The van der Waals surface area contributed by atoms with Crippen molar-refractivity contribution in [2.24, 2.45) is 0 Å². The maximum absolute atomic E-state index is 5.30. The second-order valence-electron chi connectivity index (χ2n) is 14.1. The zero-order valence-electron chi connectivity index (χ0n) is 30.3.